The summed E-state index contributed by atoms with van der Waals surface area (Å²) in [5.74, 6) is -1.55. The van der Waals surface area contributed by atoms with Crippen molar-refractivity contribution in [1.82, 2.24) is 14.2 Å². The van der Waals surface area contributed by atoms with E-state index in [1.165, 1.54) is 29.4 Å². The molecule has 212 valence electrons. The van der Waals surface area contributed by atoms with Crippen LogP contribution >= 0.6 is 23.7 Å². The highest BCUT2D eigenvalue weighted by Crippen LogP contribution is 2.52. The lowest BCUT2D eigenvalue weighted by molar-refractivity contribution is -0.144. The number of rotatable bonds is 12. The number of aliphatic hydroxyl groups excluding tert-OH is 1. The van der Waals surface area contributed by atoms with Crippen molar-refractivity contribution in [2.75, 3.05) is 33.9 Å². The number of nitrogens with zero attached hydrogens (tertiary/aromatic N) is 2. The van der Waals surface area contributed by atoms with E-state index in [2.05, 4.69) is 30.4 Å². The molecule has 1 aromatic heterocycles. The SMILES string of the molecule is COC(=O)CN(CC(=O)OC)P(=O)(OC[C@H]1O[C@@H](n2cc(/C=C/Br)c(=O)[nH]c2=O)C[C@@H]1O)Oc1ccccc1. The van der Waals surface area contributed by atoms with Crippen molar-refractivity contribution in [3.8, 4) is 5.75 Å². The number of esters is 2. The fourth-order valence-corrected chi connectivity index (χ4v) is 5.46. The van der Waals surface area contributed by atoms with Gasteiger partial charge in [0.05, 0.1) is 32.5 Å². The maximum atomic E-state index is 14.0. The minimum atomic E-state index is -4.48. The summed E-state index contributed by atoms with van der Waals surface area (Å²) in [6.45, 7) is -1.82. The fourth-order valence-electron chi connectivity index (χ4n) is 3.54. The summed E-state index contributed by atoms with van der Waals surface area (Å²) in [4.78, 5) is 52.1. The molecule has 1 aliphatic heterocycles. The number of aromatic nitrogens is 2. The van der Waals surface area contributed by atoms with Crippen LogP contribution in [-0.2, 0) is 32.9 Å². The van der Waals surface area contributed by atoms with Gasteiger partial charge in [0.15, 0.2) is 0 Å². The third-order valence-electron chi connectivity index (χ3n) is 5.54. The summed E-state index contributed by atoms with van der Waals surface area (Å²) in [5.41, 5.74) is -1.21. The molecule has 2 aromatic rings. The Morgan fingerprint density at radius 2 is 1.85 bits per heavy atom. The van der Waals surface area contributed by atoms with E-state index in [9.17, 15) is 28.8 Å². The second kappa shape index (κ2) is 13.8. The number of aromatic amines is 1. The number of hydrogen-bond donors (Lipinski definition) is 2. The van der Waals surface area contributed by atoms with Gasteiger partial charge in [-0.1, -0.05) is 34.1 Å². The molecule has 1 unspecified atom stereocenters. The molecule has 0 saturated carbocycles. The van der Waals surface area contributed by atoms with Crippen molar-refractivity contribution in [2.24, 2.45) is 0 Å². The monoisotopic (exact) mass is 631 g/mol. The Morgan fingerprint density at radius 3 is 2.44 bits per heavy atom. The lowest BCUT2D eigenvalue weighted by atomic mass is 10.2. The van der Waals surface area contributed by atoms with E-state index in [1.807, 2.05) is 0 Å². The molecule has 0 amide bonds. The zero-order valence-electron chi connectivity index (χ0n) is 20.9. The lowest BCUT2D eigenvalue weighted by Gasteiger charge is -2.29. The van der Waals surface area contributed by atoms with Crippen LogP contribution in [0.15, 0.2) is 51.1 Å². The molecular weight excluding hydrogens is 605 g/mol. The second-order valence-electron chi connectivity index (χ2n) is 8.12. The lowest BCUT2D eigenvalue weighted by Crippen LogP contribution is -2.37. The molecule has 14 nitrogen and oxygen atoms in total. The number of aliphatic hydroxyl groups is 1. The Kier molecular flexibility index (Phi) is 10.8. The van der Waals surface area contributed by atoms with Gasteiger partial charge in [0, 0.05) is 12.6 Å². The van der Waals surface area contributed by atoms with Gasteiger partial charge in [-0.3, -0.25) is 28.5 Å². The maximum Gasteiger partial charge on any atom is 0.462 e. The smallest absolute Gasteiger partial charge is 0.462 e. The van der Waals surface area contributed by atoms with Crippen molar-refractivity contribution < 1.29 is 42.5 Å². The molecule has 39 heavy (non-hydrogen) atoms. The van der Waals surface area contributed by atoms with Crippen molar-refractivity contribution in [1.29, 1.82) is 0 Å². The number of carbonyl (C=O) groups is 2. The summed E-state index contributed by atoms with van der Waals surface area (Å²) < 4.78 is 42.3. The first-order chi connectivity index (χ1) is 18.6. The topological polar surface area (TPSA) is 176 Å². The molecule has 2 N–H and O–H groups in total. The summed E-state index contributed by atoms with van der Waals surface area (Å²) in [6.07, 6.45) is -0.628. The molecule has 0 spiro atoms. The first-order valence-corrected chi connectivity index (χ1v) is 13.8. The van der Waals surface area contributed by atoms with Crippen LogP contribution in [0.5, 0.6) is 5.75 Å². The van der Waals surface area contributed by atoms with E-state index in [4.69, 9.17) is 13.8 Å². The van der Waals surface area contributed by atoms with Gasteiger partial charge in [0.1, 0.15) is 31.2 Å². The van der Waals surface area contributed by atoms with Gasteiger partial charge in [-0.2, -0.15) is 4.67 Å². The van der Waals surface area contributed by atoms with E-state index in [1.54, 1.807) is 18.2 Å². The molecule has 1 aliphatic rings. The molecule has 0 bridgehead atoms. The molecule has 2 heterocycles. The highest BCUT2D eigenvalue weighted by molar-refractivity contribution is 9.11. The maximum absolute atomic E-state index is 14.0. The van der Waals surface area contributed by atoms with Crippen LogP contribution in [0.3, 0.4) is 0 Å². The average molecular weight is 632 g/mol. The van der Waals surface area contributed by atoms with Crippen molar-refractivity contribution >= 4 is 41.7 Å². The van der Waals surface area contributed by atoms with Crippen molar-refractivity contribution in [2.45, 2.75) is 24.9 Å². The summed E-state index contributed by atoms with van der Waals surface area (Å²) in [5, 5.41) is 10.6. The number of benzene rings is 1. The van der Waals surface area contributed by atoms with Gasteiger partial charge >= 0.3 is 25.4 Å². The van der Waals surface area contributed by atoms with E-state index >= 15 is 0 Å². The van der Waals surface area contributed by atoms with Gasteiger partial charge < -0.3 is 23.8 Å². The van der Waals surface area contributed by atoms with Gasteiger partial charge in [0.25, 0.3) is 5.56 Å². The molecule has 1 saturated heterocycles. The number of carbonyl (C=O) groups excluding carboxylic acids is 2. The number of halogens is 1. The van der Waals surface area contributed by atoms with Crippen LogP contribution < -0.4 is 15.8 Å². The zero-order chi connectivity index (χ0) is 28.6. The molecule has 16 heteroatoms. The number of nitrogens with one attached hydrogen (secondary N) is 1. The Hall–Kier alpha value is -3.07. The molecule has 1 fully saturated rings. The molecule has 1 aromatic carbocycles. The molecule has 0 radical (unpaired) electrons. The first-order valence-electron chi connectivity index (χ1n) is 11.4. The molecule has 4 atom stereocenters. The molecule has 3 rings (SSSR count). The van der Waals surface area contributed by atoms with E-state index in [-0.39, 0.29) is 17.7 Å². The summed E-state index contributed by atoms with van der Waals surface area (Å²) >= 11 is 3.07. The highest BCUT2D eigenvalue weighted by Gasteiger charge is 2.42. The highest BCUT2D eigenvalue weighted by atomic mass is 79.9. The molecular formula is C23H27BrN3O11P. The Balaban J connectivity index is 1.86. The normalized spacial score (nSPS) is 20.6. The van der Waals surface area contributed by atoms with Crippen LogP contribution in [0.4, 0.5) is 0 Å². The number of hydrogen-bond acceptors (Lipinski definition) is 11. The van der Waals surface area contributed by atoms with Gasteiger partial charge in [0.2, 0.25) is 0 Å². The third kappa shape index (κ3) is 7.97. The van der Waals surface area contributed by atoms with Crippen LogP contribution in [0, 0.1) is 0 Å². The van der Waals surface area contributed by atoms with Crippen molar-refractivity contribution in [3.63, 3.8) is 0 Å². The molecule has 0 aliphatic carbocycles. The zero-order valence-corrected chi connectivity index (χ0v) is 23.4. The second-order valence-corrected chi connectivity index (χ2v) is 10.6. The van der Waals surface area contributed by atoms with Gasteiger partial charge in [-0.15, -0.1) is 0 Å². The number of methoxy groups -OCH3 is 2. The minimum absolute atomic E-state index is 0.0602. The Morgan fingerprint density at radius 1 is 1.21 bits per heavy atom. The van der Waals surface area contributed by atoms with E-state index in [0.717, 1.165) is 23.5 Å². The quantitative estimate of drug-likeness (QED) is 0.255. The van der Waals surface area contributed by atoms with E-state index in [0.29, 0.717) is 0 Å². The van der Waals surface area contributed by atoms with Crippen molar-refractivity contribution in [3.05, 3.63) is 67.9 Å². The fraction of sp³-hybridized carbons (Fsp3) is 0.391. The Labute approximate surface area is 230 Å². The predicted octanol–water partition coefficient (Wildman–Crippen LogP) is 1.40. The first kappa shape index (κ1) is 30.5. The van der Waals surface area contributed by atoms with E-state index < -0.39 is 69.1 Å². The van der Waals surface area contributed by atoms with Crippen LogP contribution in [0.1, 0.15) is 18.2 Å². The summed E-state index contributed by atoms with van der Waals surface area (Å²) in [6, 6.07) is 7.89. The van der Waals surface area contributed by atoms with Gasteiger partial charge in [-0.25, -0.2) is 9.36 Å². The number of ether oxygens (including phenoxy) is 3. The standard InChI is InChI=1S/C23H27BrN3O11P/c1-34-20(29)12-26(13-21(30)35-2)39(33,38-16-6-4-3-5-7-16)36-14-18-17(28)10-19(37-18)27-11-15(8-9-24)22(31)25-23(27)32/h3-9,11,17-19,28H,10,12-14H2,1-2H3,(H,25,31,32)/b9-8+/t17-,18+,19+,39?/m0/s1. The van der Waals surface area contributed by atoms with Crippen LogP contribution in [0.2, 0.25) is 0 Å². The van der Waals surface area contributed by atoms with Crippen LogP contribution in [-0.4, -0.2) is 77.4 Å². The van der Waals surface area contributed by atoms with Crippen LogP contribution in [0.25, 0.3) is 6.08 Å². The average Bonchev–Trinajstić information content (AvgIpc) is 3.29. The number of para-hydroxylation sites is 1. The Bertz CT molecular complexity index is 1330. The summed E-state index contributed by atoms with van der Waals surface area (Å²) in [7, 11) is -2.25. The minimum Gasteiger partial charge on any atom is -0.468 e. The largest absolute Gasteiger partial charge is 0.468 e. The number of H-pyrrole nitrogens is 1. The third-order valence-corrected chi connectivity index (χ3v) is 7.70. The predicted molar refractivity (Wildman–Crippen MR) is 140 cm³/mol. The van der Waals surface area contributed by atoms with Gasteiger partial charge in [-0.05, 0) is 23.2 Å².